The Hall–Kier alpha value is -5.45. The molecule has 52 heavy (non-hydrogen) atoms. The zero-order chi connectivity index (χ0) is 37.4. The number of amides is 3. The Morgan fingerprint density at radius 1 is 0.827 bits per heavy atom. The average Bonchev–Trinajstić information content (AvgIpc) is 3.43. The molecule has 1 heterocycles. The summed E-state index contributed by atoms with van der Waals surface area (Å²) in [5, 5.41) is 0. The summed E-state index contributed by atoms with van der Waals surface area (Å²) in [5.74, 6) is -2.68. The average molecular weight is 710 g/mol. The van der Waals surface area contributed by atoms with E-state index in [1.807, 2.05) is 60.7 Å². The summed E-state index contributed by atoms with van der Waals surface area (Å²) in [5.41, 5.74) is 4.31. The zero-order valence-corrected chi connectivity index (χ0v) is 30.4. The lowest BCUT2D eigenvalue weighted by atomic mass is 9.98. The van der Waals surface area contributed by atoms with Gasteiger partial charge in [-0.2, -0.15) is 0 Å². The Labute approximate surface area is 305 Å². The molecule has 11 nitrogen and oxygen atoms in total. The minimum absolute atomic E-state index is 0.00346. The highest BCUT2D eigenvalue weighted by Gasteiger charge is 2.40. The minimum atomic E-state index is -1.33. The molecule has 0 saturated carbocycles. The van der Waals surface area contributed by atoms with Crippen molar-refractivity contribution >= 4 is 29.8 Å². The van der Waals surface area contributed by atoms with Crippen molar-refractivity contribution in [2.24, 2.45) is 0 Å². The summed E-state index contributed by atoms with van der Waals surface area (Å²) in [4.78, 5) is 71.7. The quantitative estimate of drug-likeness (QED) is 0.141. The van der Waals surface area contributed by atoms with Crippen LogP contribution in [0.4, 0.5) is 4.79 Å². The van der Waals surface area contributed by atoms with E-state index in [9.17, 15) is 24.0 Å². The number of carbonyl (C=O) groups excluding carboxylic acids is 5. The number of esters is 2. The number of hydrogen-bond donors (Lipinski definition) is 0. The van der Waals surface area contributed by atoms with Crippen LogP contribution in [0.25, 0.3) is 11.1 Å². The van der Waals surface area contributed by atoms with Gasteiger partial charge in [-0.05, 0) is 61.4 Å². The van der Waals surface area contributed by atoms with Crippen molar-refractivity contribution in [2.75, 3.05) is 33.8 Å². The van der Waals surface area contributed by atoms with Gasteiger partial charge in [-0.1, -0.05) is 91.0 Å². The maximum absolute atomic E-state index is 14.4. The lowest BCUT2D eigenvalue weighted by Crippen LogP contribution is -2.57. The van der Waals surface area contributed by atoms with Crippen molar-refractivity contribution in [3.63, 3.8) is 0 Å². The van der Waals surface area contributed by atoms with E-state index in [4.69, 9.17) is 14.2 Å². The normalized spacial score (nSPS) is 16.8. The standard InChI is InChI=1S/C41H47N3O8/c1-41(2,3)52-37(46)25-42(4)38(47)35(24-36(45)50-26-28-16-8-6-9-17-28)44-23-15-7-10-22-34(39(44)48)43(5)40(49)51-27-33-31-20-13-11-18-29(31)30-19-12-14-21-32(30)33/h6-9,11-21,33-35H,10,22-27H2,1-5H3/b15-7-/t34-,35-/m0/s1. The van der Waals surface area contributed by atoms with E-state index >= 15 is 0 Å². The second-order valence-corrected chi connectivity index (χ2v) is 14.1. The number of allylic oxidation sites excluding steroid dienone is 1. The number of likely N-dealkylation sites (N-methyl/N-ethyl adjacent to an activating group) is 2. The van der Waals surface area contributed by atoms with Crippen molar-refractivity contribution in [3.8, 4) is 11.1 Å². The lowest BCUT2D eigenvalue weighted by Gasteiger charge is -2.37. The van der Waals surface area contributed by atoms with E-state index in [0.29, 0.717) is 6.42 Å². The van der Waals surface area contributed by atoms with Gasteiger partial charge >= 0.3 is 18.0 Å². The molecule has 1 aliphatic carbocycles. The van der Waals surface area contributed by atoms with Crippen molar-refractivity contribution in [1.29, 1.82) is 0 Å². The van der Waals surface area contributed by atoms with E-state index in [0.717, 1.165) is 32.7 Å². The van der Waals surface area contributed by atoms with Crippen LogP contribution in [0.3, 0.4) is 0 Å². The largest absolute Gasteiger partial charge is 0.461 e. The van der Waals surface area contributed by atoms with Gasteiger partial charge in [-0.25, -0.2) is 4.79 Å². The van der Waals surface area contributed by atoms with Crippen molar-refractivity contribution in [3.05, 3.63) is 108 Å². The smallest absolute Gasteiger partial charge is 0.410 e. The number of nitrogens with zero attached hydrogens (tertiary/aromatic N) is 3. The molecule has 0 aromatic heterocycles. The molecule has 274 valence electrons. The highest BCUT2D eigenvalue weighted by Crippen LogP contribution is 2.44. The Balaban J connectivity index is 1.34. The van der Waals surface area contributed by atoms with Crippen LogP contribution >= 0.6 is 0 Å². The molecule has 5 rings (SSSR count). The van der Waals surface area contributed by atoms with Gasteiger partial charge in [0.25, 0.3) is 0 Å². The molecule has 0 fully saturated rings. The highest BCUT2D eigenvalue weighted by molar-refractivity contribution is 5.94. The third-order valence-corrected chi connectivity index (χ3v) is 9.16. The molecule has 0 saturated heterocycles. The molecular formula is C41H47N3O8. The molecule has 3 amide bonds. The van der Waals surface area contributed by atoms with E-state index in [2.05, 4.69) is 12.1 Å². The molecule has 2 atom stereocenters. The van der Waals surface area contributed by atoms with Crippen LogP contribution in [0.5, 0.6) is 0 Å². The van der Waals surface area contributed by atoms with Crippen molar-refractivity contribution in [1.82, 2.24) is 14.7 Å². The monoisotopic (exact) mass is 709 g/mol. The third-order valence-electron chi connectivity index (χ3n) is 9.16. The van der Waals surface area contributed by atoms with Crippen molar-refractivity contribution < 1.29 is 38.2 Å². The van der Waals surface area contributed by atoms with Gasteiger partial charge in [0.1, 0.15) is 37.4 Å². The summed E-state index contributed by atoms with van der Waals surface area (Å²) in [6.45, 7) is 4.81. The Morgan fingerprint density at radius 2 is 1.44 bits per heavy atom. The number of ether oxygens (including phenoxy) is 3. The maximum atomic E-state index is 14.4. The van der Waals surface area contributed by atoms with Crippen LogP contribution in [0, 0.1) is 0 Å². The predicted molar refractivity (Wildman–Crippen MR) is 195 cm³/mol. The summed E-state index contributed by atoms with van der Waals surface area (Å²) in [6.07, 6.45) is 3.24. The van der Waals surface area contributed by atoms with Crippen LogP contribution < -0.4 is 0 Å². The molecule has 2 aliphatic rings. The molecular weight excluding hydrogens is 662 g/mol. The fourth-order valence-electron chi connectivity index (χ4n) is 6.61. The topological polar surface area (TPSA) is 123 Å². The molecule has 0 radical (unpaired) electrons. The van der Waals surface area contributed by atoms with Crippen LogP contribution in [0.1, 0.15) is 62.6 Å². The molecule has 3 aromatic rings. The summed E-state index contributed by atoms with van der Waals surface area (Å²) in [7, 11) is 2.92. The maximum Gasteiger partial charge on any atom is 0.410 e. The molecule has 0 N–H and O–H groups in total. The summed E-state index contributed by atoms with van der Waals surface area (Å²) < 4.78 is 16.8. The molecule has 0 bridgehead atoms. The fourth-order valence-corrected chi connectivity index (χ4v) is 6.61. The third kappa shape index (κ3) is 9.25. The van der Waals surface area contributed by atoms with Crippen LogP contribution in [0.15, 0.2) is 91.0 Å². The first kappa shape index (κ1) is 37.8. The lowest BCUT2D eigenvalue weighted by molar-refractivity contribution is -0.160. The van der Waals surface area contributed by atoms with E-state index in [1.165, 1.54) is 23.9 Å². The Morgan fingerprint density at radius 3 is 2.08 bits per heavy atom. The van der Waals surface area contributed by atoms with Crippen molar-refractivity contribution in [2.45, 2.75) is 70.2 Å². The second-order valence-electron chi connectivity index (χ2n) is 14.1. The minimum Gasteiger partial charge on any atom is -0.461 e. The zero-order valence-electron chi connectivity index (χ0n) is 30.4. The predicted octanol–water partition coefficient (Wildman–Crippen LogP) is 5.72. The fraction of sp³-hybridized carbons (Fsp3) is 0.390. The number of hydrogen-bond acceptors (Lipinski definition) is 8. The first-order valence-electron chi connectivity index (χ1n) is 17.5. The number of benzene rings is 3. The summed E-state index contributed by atoms with van der Waals surface area (Å²) >= 11 is 0. The van der Waals surface area contributed by atoms with E-state index in [1.54, 1.807) is 39.0 Å². The second kappa shape index (κ2) is 16.7. The van der Waals surface area contributed by atoms with Gasteiger partial charge in [0.15, 0.2) is 0 Å². The first-order valence-corrected chi connectivity index (χ1v) is 17.5. The Kier molecular flexibility index (Phi) is 12.1. The van der Waals surface area contributed by atoms with Crippen LogP contribution in [-0.4, -0.2) is 96.0 Å². The van der Waals surface area contributed by atoms with Gasteiger partial charge in [-0.15, -0.1) is 0 Å². The SMILES string of the molecule is CN(CC(=O)OC(C)(C)C)C(=O)[C@H](CC(=O)OCc1ccccc1)N1C/C=C\CC[C@H](N(C)C(=O)OCC2c3ccccc3-c3ccccc32)C1=O. The van der Waals surface area contributed by atoms with E-state index < -0.39 is 60.5 Å². The van der Waals surface area contributed by atoms with Gasteiger partial charge in [-0.3, -0.25) is 24.1 Å². The highest BCUT2D eigenvalue weighted by atomic mass is 16.6. The van der Waals surface area contributed by atoms with Gasteiger partial charge < -0.3 is 24.0 Å². The molecule has 0 spiro atoms. The Bertz CT molecular complexity index is 1760. The van der Waals surface area contributed by atoms with Crippen LogP contribution in [-0.2, 0) is 40.0 Å². The van der Waals surface area contributed by atoms with Gasteiger partial charge in [0.2, 0.25) is 11.8 Å². The van der Waals surface area contributed by atoms with E-state index in [-0.39, 0.29) is 32.1 Å². The number of rotatable bonds is 11. The number of carbonyl (C=O) groups is 5. The molecule has 1 aliphatic heterocycles. The molecule has 11 heteroatoms. The van der Waals surface area contributed by atoms with Gasteiger partial charge in [0.05, 0.1) is 6.42 Å². The number of fused-ring (bicyclic) bond motifs is 3. The summed E-state index contributed by atoms with van der Waals surface area (Å²) in [6, 6.07) is 22.8. The van der Waals surface area contributed by atoms with Gasteiger partial charge in [0, 0.05) is 26.6 Å². The van der Waals surface area contributed by atoms with Crippen LogP contribution in [0.2, 0.25) is 0 Å². The molecule has 0 unspecified atom stereocenters. The first-order chi connectivity index (χ1) is 24.8. The molecule has 3 aromatic carbocycles.